The molecular weight excluding hydrogens is 695 g/mol. The van der Waals surface area contributed by atoms with Gasteiger partial charge in [0.15, 0.2) is 0 Å². The summed E-state index contributed by atoms with van der Waals surface area (Å²) in [7, 11) is 1.32. The van der Waals surface area contributed by atoms with Crippen LogP contribution in [0.25, 0.3) is 0 Å². The lowest BCUT2D eigenvalue weighted by Crippen LogP contribution is -2.55. The normalized spacial score (nSPS) is 22.5. The average molecular weight is 756 g/mol. The Balaban J connectivity index is 1.05. The molecule has 55 heavy (non-hydrogen) atoms. The lowest BCUT2D eigenvalue weighted by Gasteiger charge is -2.35. The Bertz CT molecular complexity index is 1790. The minimum atomic E-state index is -0.653. The minimum absolute atomic E-state index is 0.0213. The number of unbranched alkanes of at least 4 members (excludes halogenated alkanes) is 1. The van der Waals surface area contributed by atoms with Crippen molar-refractivity contribution in [2.75, 3.05) is 33.3 Å². The molecule has 0 aliphatic carbocycles. The molecular formula is C43H61N7O5. The molecule has 12 heteroatoms. The van der Waals surface area contributed by atoms with Gasteiger partial charge in [-0.3, -0.25) is 19.6 Å². The van der Waals surface area contributed by atoms with Crippen molar-refractivity contribution in [3.63, 3.8) is 0 Å². The molecule has 4 heterocycles. The first-order valence-corrected chi connectivity index (χ1v) is 20.4. The van der Waals surface area contributed by atoms with Crippen LogP contribution in [0.15, 0.2) is 46.4 Å². The van der Waals surface area contributed by atoms with E-state index in [2.05, 4.69) is 85.4 Å². The molecule has 0 bridgehead atoms. The van der Waals surface area contributed by atoms with Crippen molar-refractivity contribution in [2.24, 2.45) is 21.8 Å². The largest absolute Gasteiger partial charge is 0.457 e. The number of amidine groups is 2. The minimum Gasteiger partial charge on any atom is -0.457 e. The summed E-state index contributed by atoms with van der Waals surface area (Å²) in [5, 5.41) is 13.1. The molecule has 0 saturated carbocycles. The lowest BCUT2D eigenvalue weighted by molar-refractivity contribution is -0.134. The first-order valence-electron chi connectivity index (χ1n) is 20.4. The molecule has 298 valence electrons. The molecule has 0 aromatic heterocycles. The van der Waals surface area contributed by atoms with Crippen molar-refractivity contribution in [3.8, 4) is 11.5 Å². The average Bonchev–Trinajstić information content (AvgIpc) is 3.98. The highest BCUT2D eigenvalue weighted by molar-refractivity contribution is 5.95. The number of likely N-dealkylation sites (tertiary alicyclic amines) is 1. The Kier molecular flexibility index (Phi) is 12.7. The maximum Gasteiger partial charge on any atom is 0.407 e. The van der Waals surface area contributed by atoms with Gasteiger partial charge in [0.05, 0.1) is 44.2 Å². The topological polar surface area (TPSA) is 146 Å². The van der Waals surface area contributed by atoms with Gasteiger partial charge in [0, 0.05) is 42.5 Å². The number of amides is 3. The second-order valence-electron chi connectivity index (χ2n) is 16.4. The Hall–Kier alpha value is -4.61. The second kappa shape index (κ2) is 17.5. The number of carbonyl (C=O) groups excluding carboxylic acids is 3. The third-order valence-electron chi connectivity index (χ3n) is 12.1. The van der Waals surface area contributed by atoms with E-state index in [4.69, 9.17) is 19.5 Å². The summed E-state index contributed by atoms with van der Waals surface area (Å²) in [6.45, 7) is 15.3. The van der Waals surface area contributed by atoms with Gasteiger partial charge in [0.2, 0.25) is 11.8 Å². The van der Waals surface area contributed by atoms with E-state index >= 15 is 0 Å². The SMILES string of the molecule is CC[C@H](C)CC(=O)NCCCCC1=NCC(c2ccc3c(c2)Oc2ccc(C4CN=C([C@@H]5CCCN5C(=O)[C@@H](NC(=O)OC)[C@@H](C)CC)N4)cc2C3(C)C)N1. The zero-order chi connectivity index (χ0) is 39.3. The van der Waals surface area contributed by atoms with Crippen LogP contribution in [0.4, 0.5) is 4.79 Å². The number of rotatable bonds is 15. The van der Waals surface area contributed by atoms with Crippen LogP contribution >= 0.6 is 0 Å². The van der Waals surface area contributed by atoms with E-state index in [1.165, 1.54) is 7.11 Å². The summed E-state index contributed by atoms with van der Waals surface area (Å²) in [6.07, 6.45) is 6.25. The molecule has 2 aromatic rings. The third-order valence-corrected chi connectivity index (χ3v) is 12.1. The van der Waals surface area contributed by atoms with E-state index < -0.39 is 12.1 Å². The van der Waals surface area contributed by atoms with Gasteiger partial charge in [-0.15, -0.1) is 0 Å². The first-order chi connectivity index (χ1) is 26.4. The third kappa shape index (κ3) is 8.94. The van der Waals surface area contributed by atoms with Crippen molar-refractivity contribution < 1.29 is 23.9 Å². The number of benzene rings is 2. The Labute approximate surface area is 326 Å². The molecule has 4 aliphatic rings. The van der Waals surface area contributed by atoms with Gasteiger partial charge in [-0.25, -0.2) is 4.79 Å². The standard InChI is InChI=1S/C43H61N7O5/c1-8-26(3)21-38(51)44-19-11-10-14-37-45-24-32(47-37)29-15-17-30-36(23-29)55-35-18-16-28(22-31(35)43(30,5)6)33-25-46-40(48-33)34-13-12-20-50(34)41(52)39(27(4)9-2)49-42(53)54-7/h15-18,22-23,26-27,32-34,39H,8-14,19-21,24-25H2,1-7H3,(H,44,51)(H,45,47)(H,46,48)(H,49,53)/t26-,27-,32?,33?,34-,39-/m0/s1. The van der Waals surface area contributed by atoms with Gasteiger partial charge in [0.25, 0.3) is 0 Å². The van der Waals surface area contributed by atoms with Crippen LogP contribution in [-0.2, 0) is 19.7 Å². The number of nitrogens with one attached hydrogen (secondary N) is 4. The van der Waals surface area contributed by atoms with E-state index in [1.807, 2.05) is 18.7 Å². The van der Waals surface area contributed by atoms with Crippen LogP contribution in [0.3, 0.4) is 0 Å². The zero-order valence-electron chi connectivity index (χ0n) is 33.8. The molecule has 4 N–H and O–H groups in total. The van der Waals surface area contributed by atoms with Crippen molar-refractivity contribution in [3.05, 3.63) is 58.7 Å². The molecule has 3 amide bonds. The lowest BCUT2D eigenvalue weighted by atomic mass is 9.74. The molecule has 4 aliphatic heterocycles. The summed E-state index contributed by atoms with van der Waals surface area (Å²) in [6, 6.07) is 12.3. The quantitative estimate of drug-likeness (QED) is 0.148. The van der Waals surface area contributed by atoms with Crippen LogP contribution in [0.1, 0.15) is 127 Å². The molecule has 2 unspecified atom stereocenters. The van der Waals surface area contributed by atoms with Crippen LogP contribution in [-0.4, -0.2) is 79.9 Å². The van der Waals surface area contributed by atoms with Crippen LogP contribution in [0.2, 0.25) is 0 Å². The van der Waals surface area contributed by atoms with Gasteiger partial charge in [-0.2, -0.15) is 0 Å². The Morgan fingerprint density at radius 1 is 0.964 bits per heavy atom. The molecule has 6 rings (SSSR count). The van der Waals surface area contributed by atoms with Crippen molar-refractivity contribution in [1.82, 2.24) is 26.2 Å². The molecule has 0 spiro atoms. The molecule has 2 aromatic carbocycles. The van der Waals surface area contributed by atoms with E-state index in [-0.39, 0.29) is 41.3 Å². The zero-order valence-corrected chi connectivity index (χ0v) is 33.8. The number of methoxy groups -OCH3 is 1. The predicted octanol–water partition coefficient (Wildman–Crippen LogP) is 6.69. The number of ether oxygens (including phenoxy) is 2. The first kappa shape index (κ1) is 40.1. The van der Waals surface area contributed by atoms with Crippen LogP contribution < -0.4 is 26.0 Å². The number of carbonyl (C=O) groups is 3. The van der Waals surface area contributed by atoms with Crippen molar-refractivity contribution >= 4 is 29.6 Å². The van der Waals surface area contributed by atoms with Crippen LogP contribution in [0, 0.1) is 11.8 Å². The van der Waals surface area contributed by atoms with E-state index in [0.29, 0.717) is 38.5 Å². The maximum absolute atomic E-state index is 13.8. The number of hydrogen-bond acceptors (Lipinski definition) is 9. The predicted molar refractivity (Wildman–Crippen MR) is 216 cm³/mol. The summed E-state index contributed by atoms with van der Waals surface area (Å²) >= 11 is 0. The molecule has 6 atom stereocenters. The maximum atomic E-state index is 13.8. The number of hydrogen-bond donors (Lipinski definition) is 4. The highest BCUT2D eigenvalue weighted by Crippen LogP contribution is 2.49. The molecule has 1 saturated heterocycles. The summed E-state index contributed by atoms with van der Waals surface area (Å²) < 4.78 is 11.4. The fraction of sp³-hybridized carbons (Fsp3) is 0.605. The molecule has 12 nitrogen and oxygen atoms in total. The molecule has 1 fully saturated rings. The Morgan fingerprint density at radius 3 is 2.47 bits per heavy atom. The van der Waals surface area contributed by atoms with E-state index in [9.17, 15) is 14.4 Å². The summed E-state index contributed by atoms with van der Waals surface area (Å²) in [5.41, 5.74) is 4.26. The number of fused-ring (bicyclic) bond motifs is 2. The van der Waals surface area contributed by atoms with Gasteiger partial charge in [0.1, 0.15) is 23.4 Å². The fourth-order valence-electron chi connectivity index (χ4n) is 8.19. The highest BCUT2D eigenvalue weighted by atomic mass is 16.5. The van der Waals surface area contributed by atoms with E-state index in [1.54, 1.807) is 0 Å². The molecule has 0 radical (unpaired) electrons. The van der Waals surface area contributed by atoms with Gasteiger partial charge in [-0.05, 0) is 66.8 Å². The van der Waals surface area contributed by atoms with Crippen molar-refractivity contribution in [2.45, 2.75) is 122 Å². The van der Waals surface area contributed by atoms with Crippen LogP contribution in [0.5, 0.6) is 11.5 Å². The van der Waals surface area contributed by atoms with Gasteiger partial charge < -0.3 is 35.6 Å². The number of nitrogens with zero attached hydrogens (tertiary/aromatic N) is 3. The van der Waals surface area contributed by atoms with Gasteiger partial charge in [-0.1, -0.05) is 72.6 Å². The smallest absolute Gasteiger partial charge is 0.407 e. The summed E-state index contributed by atoms with van der Waals surface area (Å²) in [4.78, 5) is 49.6. The monoisotopic (exact) mass is 755 g/mol. The highest BCUT2D eigenvalue weighted by Gasteiger charge is 2.41. The summed E-state index contributed by atoms with van der Waals surface area (Å²) in [5.74, 6) is 4.02. The number of alkyl carbamates (subject to hydrolysis) is 1. The fourth-order valence-corrected chi connectivity index (χ4v) is 8.19. The number of aliphatic imine (C=N–C) groups is 2. The van der Waals surface area contributed by atoms with Crippen molar-refractivity contribution in [1.29, 1.82) is 0 Å². The second-order valence-corrected chi connectivity index (χ2v) is 16.4. The Morgan fingerprint density at radius 2 is 1.71 bits per heavy atom. The van der Waals surface area contributed by atoms with E-state index in [0.717, 1.165) is 90.4 Å². The van der Waals surface area contributed by atoms with Gasteiger partial charge >= 0.3 is 6.09 Å².